The number of nitrogens with one attached hydrogen (secondary N) is 2. The van der Waals surface area contributed by atoms with Crippen LogP contribution in [-0.2, 0) is 19.1 Å². The number of amides is 3. The Morgan fingerprint density at radius 3 is 2.55 bits per heavy atom. The number of rotatable bonds is 8. The van der Waals surface area contributed by atoms with E-state index in [0.29, 0.717) is 15.4 Å². The van der Waals surface area contributed by atoms with Crippen molar-refractivity contribution in [3.8, 4) is 0 Å². The van der Waals surface area contributed by atoms with E-state index in [1.165, 1.54) is 19.2 Å². The van der Waals surface area contributed by atoms with Gasteiger partial charge in [-0.3, -0.25) is 19.2 Å². The Hall–Kier alpha value is -2.85. The zero-order valence-corrected chi connectivity index (χ0v) is 17.6. The first-order valence-electron chi connectivity index (χ1n) is 8.23. The Morgan fingerprint density at radius 2 is 1.90 bits per heavy atom. The molecule has 1 heterocycles. The topological polar surface area (TPSA) is 118 Å². The number of halogens is 2. The van der Waals surface area contributed by atoms with E-state index >= 15 is 0 Å². The van der Waals surface area contributed by atoms with Gasteiger partial charge < -0.3 is 24.7 Å². The largest absolute Gasteiger partial charge is 0.454 e. The van der Waals surface area contributed by atoms with E-state index in [0.717, 1.165) is 4.90 Å². The Balaban J connectivity index is 1.70. The summed E-state index contributed by atoms with van der Waals surface area (Å²) < 4.78 is 10.2. The van der Waals surface area contributed by atoms with Gasteiger partial charge in [-0.25, -0.2) is 0 Å². The van der Waals surface area contributed by atoms with E-state index < -0.39 is 36.8 Å². The molecule has 1 aromatic carbocycles. The zero-order valence-electron chi connectivity index (χ0n) is 15.2. The van der Waals surface area contributed by atoms with Crippen LogP contribution in [0, 0.1) is 0 Å². The first-order valence-corrected chi connectivity index (χ1v) is 9.41. The predicted molar refractivity (Wildman–Crippen MR) is 107 cm³/mol. The van der Waals surface area contributed by atoms with E-state index in [9.17, 15) is 19.2 Å². The van der Waals surface area contributed by atoms with Gasteiger partial charge in [0.2, 0.25) is 5.91 Å². The second-order valence-electron chi connectivity index (χ2n) is 5.72. The third kappa shape index (κ3) is 7.24. The lowest BCUT2D eigenvalue weighted by Crippen LogP contribution is -2.38. The van der Waals surface area contributed by atoms with Crippen molar-refractivity contribution in [2.24, 2.45) is 0 Å². The van der Waals surface area contributed by atoms with Gasteiger partial charge in [-0.05, 0) is 40.2 Å². The van der Waals surface area contributed by atoms with Crippen molar-refractivity contribution < 1.29 is 28.3 Å². The summed E-state index contributed by atoms with van der Waals surface area (Å²) in [5, 5.41) is 5.25. The fourth-order valence-electron chi connectivity index (χ4n) is 2.04. The van der Waals surface area contributed by atoms with Crippen LogP contribution < -0.4 is 10.6 Å². The third-order valence-corrected chi connectivity index (χ3v) is 4.26. The molecule has 0 saturated heterocycles. The quantitative estimate of drug-likeness (QED) is 0.552. The van der Waals surface area contributed by atoms with Crippen LogP contribution >= 0.6 is 27.5 Å². The molecule has 154 valence electrons. The number of furan rings is 1. The molecule has 29 heavy (non-hydrogen) atoms. The van der Waals surface area contributed by atoms with E-state index in [-0.39, 0.29) is 12.3 Å². The lowest BCUT2D eigenvalue weighted by atomic mass is 10.3. The number of carbonyl (C=O) groups is 4. The molecule has 0 fully saturated rings. The molecule has 0 saturated carbocycles. The van der Waals surface area contributed by atoms with Crippen LogP contribution in [0.1, 0.15) is 10.6 Å². The number of para-hydroxylation sites is 1. The molecule has 0 aliphatic heterocycles. The van der Waals surface area contributed by atoms with Gasteiger partial charge in [-0.1, -0.05) is 23.7 Å². The number of ether oxygens (including phenoxy) is 1. The second kappa shape index (κ2) is 10.6. The molecule has 0 radical (unpaired) electrons. The molecule has 0 aliphatic rings. The van der Waals surface area contributed by atoms with E-state index in [1.807, 2.05) is 0 Å². The normalized spacial score (nSPS) is 10.2. The van der Waals surface area contributed by atoms with Gasteiger partial charge in [0.15, 0.2) is 17.0 Å². The van der Waals surface area contributed by atoms with E-state index in [2.05, 4.69) is 26.6 Å². The molecule has 0 bridgehead atoms. The zero-order chi connectivity index (χ0) is 21.4. The number of esters is 1. The highest BCUT2D eigenvalue weighted by atomic mass is 79.9. The number of benzene rings is 1. The first kappa shape index (κ1) is 22.4. The Morgan fingerprint density at radius 1 is 1.17 bits per heavy atom. The van der Waals surface area contributed by atoms with Gasteiger partial charge in [0.1, 0.15) is 6.54 Å². The summed E-state index contributed by atoms with van der Waals surface area (Å²) >= 11 is 9.01. The molecular formula is C18H17BrClN3O6. The molecule has 1 aromatic heterocycles. The number of anilines is 1. The first-order chi connectivity index (χ1) is 13.8. The summed E-state index contributed by atoms with van der Waals surface area (Å²) in [4.78, 5) is 48.5. The minimum atomic E-state index is -0.814. The van der Waals surface area contributed by atoms with E-state index in [4.69, 9.17) is 20.8 Å². The monoisotopic (exact) mass is 485 g/mol. The molecule has 11 heteroatoms. The molecular weight excluding hydrogens is 470 g/mol. The van der Waals surface area contributed by atoms with Gasteiger partial charge in [-0.2, -0.15) is 0 Å². The van der Waals surface area contributed by atoms with Crippen molar-refractivity contribution in [2.45, 2.75) is 0 Å². The number of likely N-dealkylation sites (N-methyl/N-ethyl adjacent to an activating group) is 1. The molecule has 0 atom stereocenters. The molecule has 3 amide bonds. The van der Waals surface area contributed by atoms with Crippen molar-refractivity contribution in [3.63, 3.8) is 0 Å². The van der Waals surface area contributed by atoms with E-state index in [1.54, 1.807) is 24.3 Å². The smallest absolute Gasteiger partial charge is 0.325 e. The van der Waals surface area contributed by atoms with Crippen molar-refractivity contribution >= 4 is 56.9 Å². The molecule has 9 nitrogen and oxygen atoms in total. The molecule has 0 unspecified atom stereocenters. The van der Waals surface area contributed by atoms with Gasteiger partial charge >= 0.3 is 5.97 Å². The van der Waals surface area contributed by atoms with Crippen molar-refractivity contribution in [3.05, 3.63) is 51.9 Å². The molecule has 2 N–H and O–H groups in total. The van der Waals surface area contributed by atoms with Crippen LogP contribution in [-0.4, -0.2) is 55.3 Å². The molecule has 2 rings (SSSR count). The Kier molecular flexibility index (Phi) is 8.22. The van der Waals surface area contributed by atoms with Gasteiger partial charge in [0.25, 0.3) is 11.8 Å². The predicted octanol–water partition coefficient (Wildman–Crippen LogP) is 2.07. The number of nitrogens with zero attached hydrogens (tertiary/aromatic N) is 1. The Labute approximate surface area is 179 Å². The van der Waals surface area contributed by atoms with Crippen LogP contribution in [0.2, 0.25) is 5.02 Å². The fraction of sp³-hybridized carbons (Fsp3) is 0.222. The van der Waals surface area contributed by atoms with Crippen LogP contribution in [0.5, 0.6) is 0 Å². The van der Waals surface area contributed by atoms with Crippen LogP contribution in [0.25, 0.3) is 0 Å². The van der Waals surface area contributed by atoms with Crippen LogP contribution in [0.15, 0.2) is 45.5 Å². The average Bonchev–Trinajstić information content (AvgIpc) is 3.12. The van der Waals surface area contributed by atoms with Crippen LogP contribution in [0.4, 0.5) is 5.69 Å². The SMILES string of the molecule is CN(CC(=O)Nc1ccccc1Cl)C(=O)COC(=O)CNC(=O)c1ccc(Br)o1. The second-order valence-corrected chi connectivity index (χ2v) is 6.91. The molecule has 0 spiro atoms. The maximum atomic E-state index is 12.0. The lowest BCUT2D eigenvalue weighted by Gasteiger charge is -2.17. The van der Waals surface area contributed by atoms with Gasteiger partial charge in [0, 0.05) is 7.05 Å². The maximum Gasteiger partial charge on any atom is 0.325 e. The molecule has 0 aliphatic carbocycles. The van der Waals surface area contributed by atoms with Gasteiger partial charge in [-0.15, -0.1) is 0 Å². The lowest BCUT2D eigenvalue weighted by molar-refractivity contribution is -0.150. The fourth-order valence-corrected chi connectivity index (χ4v) is 2.52. The van der Waals surface area contributed by atoms with Crippen molar-refractivity contribution in [1.29, 1.82) is 0 Å². The minimum absolute atomic E-state index is 0.0185. The summed E-state index contributed by atoms with van der Waals surface area (Å²) in [6, 6.07) is 9.63. The minimum Gasteiger partial charge on any atom is -0.454 e. The standard InChI is InChI=1S/C18H17BrClN3O6/c1-23(9-15(24)22-12-5-3-2-4-11(12)20)16(25)10-28-17(26)8-21-18(27)13-6-7-14(19)29-13/h2-7H,8-10H2,1H3,(H,21,27)(H,22,24). The van der Waals surface area contributed by atoms with Crippen LogP contribution in [0.3, 0.4) is 0 Å². The number of hydrogen-bond donors (Lipinski definition) is 2. The van der Waals surface area contributed by atoms with Crippen molar-refractivity contribution in [1.82, 2.24) is 10.2 Å². The summed E-state index contributed by atoms with van der Waals surface area (Å²) in [5.74, 6) is -2.45. The summed E-state index contributed by atoms with van der Waals surface area (Å²) in [6.07, 6.45) is 0. The highest BCUT2D eigenvalue weighted by Gasteiger charge is 2.17. The summed E-state index contributed by atoms with van der Waals surface area (Å²) in [5.41, 5.74) is 0.422. The third-order valence-electron chi connectivity index (χ3n) is 3.50. The number of carbonyl (C=O) groups excluding carboxylic acids is 4. The molecule has 2 aromatic rings. The number of hydrogen-bond acceptors (Lipinski definition) is 6. The average molecular weight is 487 g/mol. The Bertz CT molecular complexity index is 917. The highest BCUT2D eigenvalue weighted by Crippen LogP contribution is 2.20. The van der Waals surface area contributed by atoms with Crippen molar-refractivity contribution in [2.75, 3.05) is 32.1 Å². The highest BCUT2D eigenvalue weighted by molar-refractivity contribution is 9.10. The van der Waals surface area contributed by atoms with Gasteiger partial charge in [0.05, 0.1) is 17.3 Å². The summed E-state index contributed by atoms with van der Waals surface area (Å²) in [6.45, 7) is -1.27. The summed E-state index contributed by atoms with van der Waals surface area (Å²) in [7, 11) is 1.39. The maximum absolute atomic E-state index is 12.0.